The number of carbonyl (C=O) groups is 1. The molecule has 0 radical (unpaired) electrons. The van der Waals surface area contributed by atoms with E-state index in [9.17, 15) is 4.79 Å². The highest BCUT2D eigenvalue weighted by atomic mass is 35.5. The first kappa shape index (κ1) is 8.52. The summed E-state index contributed by atoms with van der Waals surface area (Å²) in [4.78, 5) is 10.3. The van der Waals surface area contributed by atoms with Crippen LogP contribution in [0.15, 0.2) is 0 Å². The van der Waals surface area contributed by atoms with Crippen molar-refractivity contribution < 1.29 is 14.6 Å². The van der Waals surface area contributed by atoms with E-state index < -0.39 is 6.09 Å². The number of alkyl carbamates (subject to hydrolysis) is 1. The van der Waals surface area contributed by atoms with Crippen molar-refractivity contribution in [1.82, 2.24) is 5.32 Å². The van der Waals surface area contributed by atoms with E-state index in [1.165, 1.54) is 0 Å². The topological polar surface area (TPSA) is 58.6 Å². The number of hydrogen-bond acceptors (Lipinski definition) is 3. The predicted molar refractivity (Wildman–Crippen MR) is 32.3 cm³/mol. The van der Waals surface area contributed by atoms with Gasteiger partial charge in [0, 0.05) is 6.54 Å². The fourth-order valence-corrected chi connectivity index (χ4v) is 0.358. The molecule has 54 valence electrons. The molecule has 0 saturated carbocycles. The minimum Gasteiger partial charge on any atom is -0.433 e. The fourth-order valence-electron chi connectivity index (χ4n) is 0.259. The zero-order valence-electron chi connectivity index (χ0n) is 4.76. The Morgan fingerprint density at radius 3 is 2.89 bits per heavy atom. The maximum absolute atomic E-state index is 10.3. The summed E-state index contributed by atoms with van der Waals surface area (Å²) < 4.78 is 4.25. The van der Waals surface area contributed by atoms with Gasteiger partial charge >= 0.3 is 6.09 Å². The molecule has 0 aliphatic carbocycles. The average molecular weight is 154 g/mol. The molecule has 0 heterocycles. The Bertz CT molecular complexity index is 87.9. The number of aliphatic hydroxyl groups excluding tert-OH is 1. The Balaban J connectivity index is 3.06. The second kappa shape index (κ2) is 5.65. The molecule has 0 aliphatic rings. The molecule has 0 saturated heterocycles. The van der Waals surface area contributed by atoms with Crippen LogP contribution >= 0.6 is 11.6 Å². The van der Waals surface area contributed by atoms with Crippen molar-refractivity contribution in [2.45, 2.75) is 0 Å². The van der Waals surface area contributed by atoms with E-state index in [0.29, 0.717) is 0 Å². The van der Waals surface area contributed by atoms with Gasteiger partial charge in [-0.2, -0.15) is 0 Å². The molecule has 9 heavy (non-hydrogen) atoms. The number of alkyl halides is 1. The van der Waals surface area contributed by atoms with Crippen LogP contribution < -0.4 is 5.32 Å². The molecule has 0 fully saturated rings. The van der Waals surface area contributed by atoms with Gasteiger partial charge in [-0.3, -0.25) is 0 Å². The van der Waals surface area contributed by atoms with E-state index in [0.717, 1.165) is 0 Å². The number of ether oxygens (including phenoxy) is 1. The van der Waals surface area contributed by atoms with Gasteiger partial charge in [-0.1, -0.05) is 11.6 Å². The highest BCUT2D eigenvalue weighted by Crippen LogP contribution is 1.79. The maximum atomic E-state index is 10.3. The van der Waals surface area contributed by atoms with Crippen LogP contribution in [0.3, 0.4) is 0 Å². The first-order chi connectivity index (χ1) is 4.31. The summed E-state index contributed by atoms with van der Waals surface area (Å²) in [7, 11) is 0. The van der Waals surface area contributed by atoms with Crippen LogP contribution in [0.2, 0.25) is 0 Å². The van der Waals surface area contributed by atoms with Gasteiger partial charge in [0.05, 0.1) is 6.61 Å². The fraction of sp³-hybridized carbons (Fsp3) is 0.750. The number of aliphatic hydroxyl groups is 1. The van der Waals surface area contributed by atoms with Gasteiger partial charge in [0.1, 0.15) is 0 Å². The molecule has 2 N–H and O–H groups in total. The molecule has 1 amide bonds. The minimum atomic E-state index is -0.612. The Morgan fingerprint density at radius 1 is 1.78 bits per heavy atom. The lowest BCUT2D eigenvalue weighted by atomic mass is 10.7. The normalized spacial score (nSPS) is 8.67. The standard InChI is InChI=1S/C4H8ClNO3/c5-3-9-4(8)6-1-2-7/h7H,1-3H2,(H,6,8). The van der Waals surface area contributed by atoms with Crippen LogP contribution in [0.4, 0.5) is 4.79 Å². The van der Waals surface area contributed by atoms with Crippen LogP contribution in [-0.2, 0) is 4.74 Å². The van der Waals surface area contributed by atoms with Gasteiger partial charge in [-0.05, 0) is 0 Å². The monoisotopic (exact) mass is 153 g/mol. The van der Waals surface area contributed by atoms with Crippen molar-refractivity contribution >= 4 is 17.7 Å². The van der Waals surface area contributed by atoms with E-state index in [-0.39, 0.29) is 19.2 Å². The van der Waals surface area contributed by atoms with Crippen molar-refractivity contribution in [3.05, 3.63) is 0 Å². The number of hydrogen-bond donors (Lipinski definition) is 2. The number of rotatable bonds is 3. The summed E-state index contributed by atoms with van der Waals surface area (Å²) >= 11 is 5.03. The molecule has 0 unspecified atom stereocenters. The lowest BCUT2D eigenvalue weighted by Gasteiger charge is -2.00. The van der Waals surface area contributed by atoms with Gasteiger partial charge in [0.15, 0.2) is 6.07 Å². The van der Waals surface area contributed by atoms with Crippen molar-refractivity contribution in [2.75, 3.05) is 19.2 Å². The zero-order valence-corrected chi connectivity index (χ0v) is 5.52. The second-order valence-corrected chi connectivity index (χ2v) is 1.41. The quantitative estimate of drug-likeness (QED) is 0.557. The second-order valence-electron chi connectivity index (χ2n) is 1.19. The highest BCUT2D eigenvalue weighted by Gasteiger charge is 1.95. The smallest absolute Gasteiger partial charge is 0.408 e. The average Bonchev–Trinajstić information content (AvgIpc) is 1.85. The van der Waals surface area contributed by atoms with Gasteiger partial charge in [-0.25, -0.2) is 4.79 Å². The summed E-state index contributed by atoms with van der Waals surface area (Å²) in [5.41, 5.74) is 0. The van der Waals surface area contributed by atoms with E-state index >= 15 is 0 Å². The maximum Gasteiger partial charge on any atom is 0.408 e. The van der Waals surface area contributed by atoms with Crippen molar-refractivity contribution in [3.8, 4) is 0 Å². The molecular weight excluding hydrogens is 146 g/mol. The Hall–Kier alpha value is -0.480. The van der Waals surface area contributed by atoms with Gasteiger partial charge in [-0.15, -0.1) is 0 Å². The van der Waals surface area contributed by atoms with Crippen LogP contribution in [0.5, 0.6) is 0 Å². The Labute approximate surface area is 57.8 Å². The zero-order chi connectivity index (χ0) is 7.11. The van der Waals surface area contributed by atoms with E-state index in [4.69, 9.17) is 16.7 Å². The number of halogens is 1. The minimum absolute atomic E-state index is 0.0998. The molecule has 5 heteroatoms. The first-order valence-corrected chi connectivity index (χ1v) is 2.92. The highest BCUT2D eigenvalue weighted by molar-refractivity contribution is 6.17. The SMILES string of the molecule is O=C(NCCO)OCCl. The Kier molecular flexibility index (Phi) is 5.35. The van der Waals surface area contributed by atoms with Crippen molar-refractivity contribution in [1.29, 1.82) is 0 Å². The summed E-state index contributed by atoms with van der Waals surface area (Å²) in [6.07, 6.45) is -0.612. The van der Waals surface area contributed by atoms with E-state index in [1.807, 2.05) is 0 Å². The molecule has 0 aromatic carbocycles. The van der Waals surface area contributed by atoms with Crippen LogP contribution in [-0.4, -0.2) is 30.4 Å². The largest absolute Gasteiger partial charge is 0.433 e. The first-order valence-electron chi connectivity index (χ1n) is 2.38. The molecule has 0 spiro atoms. The number of amides is 1. The third kappa shape index (κ3) is 5.39. The van der Waals surface area contributed by atoms with Crippen LogP contribution in [0.25, 0.3) is 0 Å². The lowest BCUT2D eigenvalue weighted by molar-refractivity contribution is 0.161. The van der Waals surface area contributed by atoms with Gasteiger partial charge in [0.25, 0.3) is 0 Å². The summed E-state index contributed by atoms with van der Waals surface area (Å²) in [5, 5.41) is 10.4. The van der Waals surface area contributed by atoms with Crippen molar-refractivity contribution in [2.24, 2.45) is 0 Å². The molecule has 0 rings (SSSR count). The summed E-state index contributed by atoms with van der Waals surface area (Å²) in [6.45, 7) is 0.0904. The predicted octanol–water partition coefficient (Wildman–Crippen LogP) is -0.0988. The number of nitrogens with one attached hydrogen (secondary N) is 1. The third-order valence-electron chi connectivity index (χ3n) is 0.567. The van der Waals surface area contributed by atoms with Crippen LogP contribution in [0, 0.1) is 0 Å². The Morgan fingerprint density at radius 2 is 2.44 bits per heavy atom. The molecule has 4 nitrogen and oxygen atoms in total. The van der Waals surface area contributed by atoms with Crippen molar-refractivity contribution in [3.63, 3.8) is 0 Å². The molecule has 0 aromatic rings. The molecule has 0 bridgehead atoms. The number of carbonyl (C=O) groups excluding carboxylic acids is 1. The van der Waals surface area contributed by atoms with Gasteiger partial charge in [0.2, 0.25) is 0 Å². The lowest BCUT2D eigenvalue weighted by Crippen LogP contribution is -2.26. The van der Waals surface area contributed by atoms with E-state index in [1.54, 1.807) is 0 Å². The summed E-state index contributed by atoms with van der Waals surface area (Å²) in [5.74, 6) is 0. The molecular formula is C4H8ClNO3. The third-order valence-corrected chi connectivity index (χ3v) is 0.676. The van der Waals surface area contributed by atoms with Crippen LogP contribution in [0.1, 0.15) is 0 Å². The van der Waals surface area contributed by atoms with Gasteiger partial charge < -0.3 is 15.2 Å². The van der Waals surface area contributed by atoms with E-state index in [2.05, 4.69) is 10.1 Å². The molecule has 0 atom stereocenters. The summed E-state index contributed by atoms with van der Waals surface area (Å²) in [6, 6.07) is -0.169. The molecule has 0 aliphatic heterocycles. The molecule has 0 aromatic heterocycles.